The molecule has 3 N–H and O–H groups in total. The number of nitrogens with two attached hydrogens (primary N) is 1. The first-order valence-corrected chi connectivity index (χ1v) is 8.45. The fraction of sp³-hybridized carbons (Fsp3) is 1.00. The van der Waals surface area contributed by atoms with Crippen molar-refractivity contribution in [3.05, 3.63) is 0 Å². The highest BCUT2D eigenvalue weighted by Crippen LogP contribution is 2.34. The van der Waals surface area contributed by atoms with Crippen LogP contribution in [-0.4, -0.2) is 51.6 Å². The van der Waals surface area contributed by atoms with Crippen molar-refractivity contribution in [3.8, 4) is 0 Å². The first-order valence-electron chi connectivity index (χ1n) is 7.01. The summed E-state index contributed by atoms with van der Waals surface area (Å²) < 4.78 is 34.1. The van der Waals surface area contributed by atoms with Crippen molar-refractivity contribution in [2.75, 3.05) is 33.3 Å². The maximum Gasteiger partial charge on any atom is 0.279 e. The van der Waals surface area contributed by atoms with Crippen LogP contribution < -0.4 is 10.5 Å². The van der Waals surface area contributed by atoms with E-state index in [9.17, 15) is 8.42 Å². The van der Waals surface area contributed by atoms with E-state index >= 15 is 0 Å². The fourth-order valence-corrected chi connectivity index (χ4v) is 4.04. The van der Waals surface area contributed by atoms with Gasteiger partial charge < -0.3 is 10.5 Å². The van der Waals surface area contributed by atoms with E-state index in [0.717, 1.165) is 32.1 Å². The van der Waals surface area contributed by atoms with Gasteiger partial charge >= 0.3 is 0 Å². The molecule has 0 radical (unpaired) electrons. The highest BCUT2D eigenvalue weighted by Gasteiger charge is 2.39. The Morgan fingerprint density at radius 2 is 2.00 bits per heavy atom. The summed E-state index contributed by atoms with van der Waals surface area (Å²) in [5.41, 5.74) is 5.34. The molecule has 2 rings (SSSR count). The molecule has 1 heterocycles. The average Bonchev–Trinajstić information content (AvgIpc) is 2.38. The minimum Gasteiger partial charge on any atom is -0.377 e. The van der Waals surface area contributed by atoms with Crippen molar-refractivity contribution < 1.29 is 13.2 Å². The second kappa shape index (κ2) is 6.05. The van der Waals surface area contributed by atoms with Crippen LogP contribution in [-0.2, 0) is 14.9 Å². The van der Waals surface area contributed by atoms with Gasteiger partial charge in [-0.3, -0.25) is 0 Å². The van der Waals surface area contributed by atoms with Crippen molar-refractivity contribution in [1.82, 2.24) is 9.03 Å². The van der Waals surface area contributed by atoms with Crippen LogP contribution in [0, 0.1) is 5.92 Å². The minimum atomic E-state index is -3.37. The molecule has 0 aromatic rings. The Kier molecular flexibility index (Phi) is 4.84. The molecule has 6 nitrogen and oxygen atoms in total. The first-order chi connectivity index (χ1) is 9.01. The Hall–Kier alpha value is -0.210. The average molecular weight is 291 g/mol. The number of rotatable bonds is 6. The van der Waals surface area contributed by atoms with Gasteiger partial charge in [0.2, 0.25) is 0 Å². The van der Waals surface area contributed by atoms with Gasteiger partial charge in [0.1, 0.15) is 0 Å². The highest BCUT2D eigenvalue weighted by molar-refractivity contribution is 7.87. The fourth-order valence-electron chi connectivity index (χ4n) is 2.72. The standard InChI is InChI=1S/C12H25N3O3S/c1-18-12(5-2-6-12)10-14-19(16,17)15-7-3-11(9-13)4-8-15/h11,14H,2-10,13H2,1H3. The summed E-state index contributed by atoms with van der Waals surface area (Å²) in [7, 11) is -1.72. The summed E-state index contributed by atoms with van der Waals surface area (Å²) >= 11 is 0. The molecule has 2 aliphatic rings. The van der Waals surface area contributed by atoms with Gasteiger partial charge in [-0.15, -0.1) is 0 Å². The van der Waals surface area contributed by atoms with Gasteiger partial charge in [-0.25, -0.2) is 0 Å². The predicted molar refractivity (Wildman–Crippen MR) is 73.9 cm³/mol. The third kappa shape index (κ3) is 3.46. The zero-order valence-corrected chi connectivity index (χ0v) is 12.4. The SMILES string of the molecule is COC1(CNS(=O)(=O)N2CCC(CN)CC2)CCC1. The lowest BCUT2D eigenvalue weighted by Gasteiger charge is -2.41. The molecular weight excluding hydrogens is 266 g/mol. The highest BCUT2D eigenvalue weighted by atomic mass is 32.2. The molecule has 1 saturated carbocycles. The normalized spacial score (nSPS) is 25.2. The van der Waals surface area contributed by atoms with Crippen molar-refractivity contribution in [2.45, 2.75) is 37.7 Å². The molecule has 2 fully saturated rings. The number of methoxy groups -OCH3 is 1. The summed E-state index contributed by atoms with van der Waals surface area (Å²) in [5, 5.41) is 0. The lowest BCUT2D eigenvalue weighted by atomic mass is 9.80. The molecule has 1 aliphatic heterocycles. The smallest absolute Gasteiger partial charge is 0.279 e. The largest absolute Gasteiger partial charge is 0.377 e. The molecule has 0 aromatic heterocycles. The quantitative estimate of drug-likeness (QED) is 0.725. The number of piperidine rings is 1. The van der Waals surface area contributed by atoms with Gasteiger partial charge in [-0.05, 0) is 44.6 Å². The van der Waals surface area contributed by atoms with Crippen LogP contribution in [0.5, 0.6) is 0 Å². The van der Waals surface area contributed by atoms with Crippen LogP contribution in [0.2, 0.25) is 0 Å². The van der Waals surface area contributed by atoms with Gasteiger partial charge in [-0.2, -0.15) is 17.4 Å². The molecule has 0 spiro atoms. The predicted octanol–water partition coefficient (Wildman–Crippen LogP) is 0.0606. The molecule has 1 aliphatic carbocycles. The third-order valence-electron chi connectivity index (χ3n) is 4.52. The van der Waals surface area contributed by atoms with E-state index in [2.05, 4.69) is 4.72 Å². The number of nitrogens with zero attached hydrogens (tertiary/aromatic N) is 1. The molecule has 0 unspecified atom stereocenters. The van der Waals surface area contributed by atoms with Gasteiger partial charge in [0.15, 0.2) is 0 Å². The lowest BCUT2D eigenvalue weighted by Crippen LogP contribution is -2.53. The molecule has 7 heteroatoms. The lowest BCUT2D eigenvalue weighted by molar-refractivity contribution is -0.0661. The minimum absolute atomic E-state index is 0.275. The van der Waals surface area contributed by atoms with E-state index in [1.165, 1.54) is 4.31 Å². The molecule has 1 saturated heterocycles. The van der Waals surface area contributed by atoms with E-state index < -0.39 is 10.2 Å². The molecule has 0 atom stereocenters. The Morgan fingerprint density at radius 1 is 1.37 bits per heavy atom. The topological polar surface area (TPSA) is 84.7 Å². The number of hydrogen-bond donors (Lipinski definition) is 2. The van der Waals surface area contributed by atoms with E-state index in [0.29, 0.717) is 32.1 Å². The summed E-state index contributed by atoms with van der Waals surface area (Å²) in [4.78, 5) is 0. The van der Waals surface area contributed by atoms with E-state index in [-0.39, 0.29) is 5.60 Å². The molecule has 19 heavy (non-hydrogen) atoms. The Bertz CT molecular complexity index is 382. The van der Waals surface area contributed by atoms with E-state index in [1.54, 1.807) is 7.11 Å². The van der Waals surface area contributed by atoms with Crippen LogP contribution in [0.25, 0.3) is 0 Å². The first kappa shape index (κ1) is 15.2. The van der Waals surface area contributed by atoms with Crippen molar-refractivity contribution in [2.24, 2.45) is 11.7 Å². The Balaban J connectivity index is 1.85. The molecule has 0 amide bonds. The number of ether oxygens (including phenoxy) is 1. The zero-order valence-electron chi connectivity index (χ0n) is 11.6. The van der Waals surface area contributed by atoms with Gasteiger partial charge in [-0.1, -0.05) is 0 Å². The van der Waals surface area contributed by atoms with Crippen LogP contribution in [0.4, 0.5) is 0 Å². The van der Waals surface area contributed by atoms with Crippen molar-refractivity contribution in [3.63, 3.8) is 0 Å². The zero-order chi connectivity index (χ0) is 13.9. The maximum atomic E-state index is 12.2. The summed E-state index contributed by atoms with van der Waals surface area (Å²) in [5.74, 6) is 0.461. The molecular formula is C12H25N3O3S. The van der Waals surface area contributed by atoms with E-state index in [4.69, 9.17) is 10.5 Å². The van der Waals surface area contributed by atoms with Gasteiger partial charge in [0, 0.05) is 26.7 Å². The third-order valence-corrected chi connectivity index (χ3v) is 6.08. The Labute approximate surface area is 115 Å². The second-order valence-electron chi connectivity index (χ2n) is 5.64. The van der Waals surface area contributed by atoms with Gasteiger partial charge in [0.05, 0.1) is 5.60 Å². The van der Waals surface area contributed by atoms with E-state index in [1.807, 2.05) is 0 Å². The summed E-state index contributed by atoms with van der Waals surface area (Å²) in [6.45, 7) is 2.16. The van der Waals surface area contributed by atoms with Crippen molar-refractivity contribution in [1.29, 1.82) is 0 Å². The molecule has 112 valence electrons. The number of nitrogens with one attached hydrogen (secondary N) is 1. The molecule has 0 aromatic carbocycles. The summed E-state index contributed by atoms with van der Waals surface area (Å²) in [6.07, 6.45) is 4.68. The van der Waals surface area contributed by atoms with Crippen LogP contribution in [0.1, 0.15) is 32.1 Å². The Morgan fingerprint density at radius 3 is 2.42 bits per heavy atom. The molecule has 0 bridgehead atoms. The second-order valence-corrected chi connectivity index (χ2v) is 7.40. The monoisotopic (exact) mass is 291 g/mol. The van der Waals surface area contributed by atoms with Crippen LogP contribution in [0.3, 0.4) is 0 Å². The summed E-state index contributed by atoms with van der Waals surface area (Å²) in [6, 6.07) is 0. The van der Waals surface area contributed by atoms with Crippen molar-refractivity contribution >= 4 is 10.2 Å². The maximum absolute atomic E-state index is 12.2. The van der Waals surface area contributed by atoms with Crippen LogP contribution in [0.15, 0.2) is 0 Å². The van der Waals surface area contributed by atoms with Crippen LogP contribution >= 0.6 is 0 Å². The number of hydrogen-bond acceptors (Lipinski definition) is 4. The van der Waals surface area contributed by atoms with Gasteiger partial charge in [0.25, 0.3) is 10.2 Å².